The van der Waals surface area contributed by atoms with Crippen LogP contribution in [-0.4, -0.2) is 14.3 Å². The van der Waals surface area contributed by atoms with Crippen LogP contribution in [0, 0.1) is 0 Å². The average molecular weight is 440 g/mol. The van der Waals surface area contributed by atoms with E-state index < -0.39 is 0 Å². The highest BCUT2D eigenvalue weighted by Gasteiger charge is 2.31. The molecule has 6 heteroatoms. The largest absolute Gasteiger partial charge is 0.336 e. The van der Waals surface area contributed by atoms with Crippen molar-refractivity contribution in [3.8, 4) is 0 Å². The van der Waals surface area contributed by atoms with Crippen LogP contribution in [0.3, 0.4) is 0 Å². The van der Waals surface area contributed by atoms with Gasteiger partial charge in [0.25, 0.3) is 0 Å². The number of nitrogens with zero attached hydrogens (tertiary/aromatic N) is 2. The van der Waals surface area contributed by atoms with Gasteiger partial charge in [0.15, 0.2) is 0 Å². The minimum absolute atomic E-state index is 0.0331. The predicted octanol–water partition coefficient (Wildman–Crippen LogP) is 7.42. The molecule has 3 rings (SSSR count). The Hall–Kier alpha value is -1.13. The number of benzene rings is 2. The maximum atomic E-state index is 6.46. The molecule has 0 saturated carbocycles. The third kappa shape index (κ3) is 5.68. The highest BCUT2D eigenvalue weighted by atomic mass is 35.5. The Kier molecular flexibility index (Phi) is 7.16. The van der Waals surface area contributed by atoms with E-state index in [4.69, 9.17) is 34.8 Å². The molecule has 0 bridgehead atoms. The van der Waals surface area contributed by atoms with Gasteiger partial charge in [-0.15, -0.1) is 11.8 Å². The number of halogens is 3. The smallest absolute Gasteiger partial charge is 0.0946 e. The second-order valence-electron chi connectivity index (χ2n) is 6.57. The SMILES string of the molecule is CCC(CCc1ccc(Cl)cc1)(Cn1ccnc1)Sc1cc(Cl)ccc1Cl. The molecule has 1 unspecified atom stereocenters. The van der Waals surface area contributed by atoms with Crippen LogP contribution in [0.15, 0.2) is 66.1 Å². The number of aromatic nitrogens is 2. The second-order valence-corrected chi connectivity index (χ2v) is 9.36. The lowest BCUT2D eigenvalue weighted by Gasteiger charge is -2.33. The molecule has 0 radical (unpaired) electrons. The molecule has 1 aromatic heterocycles. The van der Waals surface area contributed by atoms with E-state index in [1.165, 1.54) is 5.56 Å². The van der Waals surface area contributed by atoms with Gasteiger partial charge in [-0.3, -0.25) is 0 Å². The maximum Gasteiger partial charge on any atom is 0.0946 e. The van der Waals surface area contributed by atoms with Crippen LogP contribution in [0.25, 0.3) is 0 Å². The lowest BCUT2D eigenvalue weighted by molar-refractivity contribution is 0.449. The van der Waals surface area contributed by atoms with Gasteiger partial charge in [-0.05, 0) is 55.2 Å². The summed E-state index contributed by atoms with van der Waals surface area (Å²) >= 11 is 20.5. The minimum atomic E-state index is -0.0331. The molecule has 0 spiro atoms. The average Bonchev–Trinajstić information content (AvgIpc) is 3.17. The maximum absolute atomic E-state index is 6.46. The Morgan fingerprint density at radius 2 is 1.78 bits per heavy atom. The van der Waals surface area contributed by atoms with Crippen molar-refractivity contribution in [2.45, 2.75) is 42.4 Å². The van der Waals surface area contributed by atoms with Gasteiger partial charge in [0, 0.05) is 38.6 Å². The standard InChI is InChI=1S/C21H21Cl3N2S/c1-2-21(14-26-12-11-25-15-26,10-9-16-3-5-17(22)6-4-16)27-20-13-18(23)7-8-19(20)24/h3-8,11-13,15H,2,9-10,14H2,1H3. The van der Waals surface area contributed by atoms with E-state index in [0.29, 0.717) is 5.02 Å². The third-order valence-electron chi connectivity index (χ3n) is 4.68. The van der Waals surface area contributed by atoms with Crippen molar-refractivity contribution in [2.75, 3.05) is 0 Å². The van der Waals surface area contributed by atoms with Crippen molar-refractivity contribution in [3.63, 3.8) is 0 Å². The first-order chi connectivity index (χ1) is 13.0. The van der Waals surface area contributed by atoms with E-state index in [1.54, 1.807) is 11.8 Å². The Balaban J connectivity index is 1.86. The zero-order valence-corrected chi connectivity index (χ0v) is 18.1. The molecule has 2 aromatic carbocycles. The number of hydrogen-bond acceptors (Lipinski definition) is 2. The summed E-state index contributed by atoms with van der Waals surface area (Å²) in [5.74, 6) is 0. The van der Waals surface area contributed by atoms with Crippen molar-refractivity contribution in [1.82, 2.24) is 9.55 Å². The lowest BCUT2D eigenvalue weighted by Crippen LogP contribution is -2.30. The molecule has 1 atom stereocenters. The fraction of sp³-hybridized carbons (Fsp3) is 0.286. The van der Waals surface area contributed by atoms with E-state index in [0.717, 1.165) is 40.7 Å². The highest BCUT2D eigenvalue weighted by molar-refractivity contribution is 8.00. The second kappa shape index (κ2) is 9.38. The van der Waals surface area contributed by atoms with Gasteiger partial charge in [0.2, 0.25) is 0 Å². The Bertz CT molecular complexity index is 866. The third-order valence-corrected chi connectivity index (χ3v) is 7.22. The number of imidazole rings is 1. The van der Waals surface area contributed by atoms with Crippen molar-refractivity contribution in [2.24, 2.45) is 0 Å². The van der Waals surface area contributed by atoms with Gasteiger partial charge >= 0.3 is 0 Å². The van der Waals surface area contributed by atoms with Gasteiger partial charge in [-0.25, -0.2) is 4.98 Å². The molecule has 0 N–H and O–H groups in total. The van der Waals surface area contributed by atoms with E-state index in [9.17, 15) is 0 Å². The molecule has 0 saturated heterocycles. The fourth-order valence-corrected chi connectivity index (χ4v) is 5.02. The van der Waals surface area contributed by atoms with Gasteiger partial charge < -0.3 is 4.57 Å². The van der Waals surface area contributed by atoms with Crippen molar-refractivity contribution in [3.05, 3.63) is 81.8 Å². The minimum Gasteiger partial charge on any atom is -0.336 e. The summed E-state index contributed by atoms with van der Waals surface area (Å²) in [5.41, 5.74) is 1.28. The Morgan fingerprint density at radius 3 is 2.44 bits per heavy atom. The number of thioether (sulfide) groups is 1. The first-order valence-corrected chi connectivity index (χ1v) is 10.8. The summed E-state index contributed by atoms with van der Waals surface area (Å²) in [5, 5.41) is 2.20. The quantitative estimate of drug-likeness (QED) is 0.340. The van der Waals surface area contributed by atoms with Crippen LogP contribution in [0.1, 0.15) is 25.3 Å². The number of rotatable bonds is 8. The first kappa shape index (κ1) is 20.6. The summed E-state index contributed by atoms with van der Waals surface area (Å²) in [4.78, 5) is 5.22. The molecule has 142 valence electrons. The lowest BCUT2D eigenvalue weighted by atomic mass is 9.96. The molecule has 2 nitrogen and oxygen atoms in total. The zero-order valence-electron chi connectivity index (χ0n) is 15.0. The predicted molar refractivity (Wildman–Crippen MR) is 117 cm³/mol. The first-order valence-electron chi connectivity index (χ1n) is 8.84. The molecule has 0 aliphatic heterocycles. The van der Waals surface area contributed by atoms with Crippen LogP contribution in [-0.2, 0) is 13.0 Å². The molecule has 1 heterocycles. The molecule has 3 aromatic rings. The Labute approximate surface area is 179 Å². The van der Waals surface area contributed by atoms with Crippen LogP contribution in [0.4, 0.5) is 0 Å². The van der Waals surface area contributed by atoms with Crippen LogP contribution < -0.4 is 0 Å². The van der Waals surface area contributed by atoms with Crippen molar-refractivity contribution in [1.29, 1.82) is 0 Å². The number of hydrogen-bond donors (Lipinski definition) is 0. The molecule has 0 amide bonds. The summed E-state index contributed by atoms with van der Waals surface area (Å²) in [6, 6.07) is 13.7. The monoisotopic (exact) mass is 438 g/mol. The summed E-state index contributed by atoms with van der Waals surface area (Å²) in [7, 11) is 0. The molecule has 27 heavy (non-hydrogen) atoms. The van der Waals surface area contributed by atoms with E-state index in [-0.39, 0.29) is 4.75 Å². The highest BCUT2D eigenvalue weighted by Crippen LogP contribution is 2.44. The molecular weight excluding hydrogens is 419 g/mol. The van der Waals surface area contributed by atoms with E-state index in [2.05, 4.69) is 28.6 Å². The molecule has 0 fully saturated rings. The zero-order chi connectivity index (χ0) is 19.3. The number of aryl methyl sites for hydroxylation is 1. The molecule has 0 aliphatic rings. The topological polar surface area (TPSA) is 17.8 Å². The van der Waals surface area contributed by atoms with Crippen molar-refractivity contribution >= 4 is 46.6 Å². The molecule has 0 aliphatic carbocycles. The van der Waals surface area contributed by atoms with E-state index in [1.807, 2.05) is 49.1 Å². The van der Waals surface area contributed by atoms with Gasteiger partial charge in [-0.1, -0.05) is 53.9 Å². The van der Waals surface area contributed by atoms with Gasteiger partial charge in [0.1, 0.15) is 0 Å². The molecular formula is C21H21Cl3N2S. The van der Waals surface area contributed by atoms with Crippen LogP contribution in [0.2, 0.25) is 15.1 Å². The van der Waals surface area contributed by atoms with Gasteiger partial charge in [-0.2, -0.15) is 0 Å². The fourth-order valence-electron chi connectivity index (χ4n) is 3.05. The van der Waals surface area contributed by atoms with Crippen molar-refractivity contribution < 1.29 is 0 Å². The normalized spacial score (nSPS) is 13.5. The van der Waals surface area contributed by atoms with Crippen LogP contribution >= 0.6 is 46.6 Å². The summed E-state index contributed by atoms with van der Waals surface area (Å²) < 4.78 is 2.10. The Morgan fingerprint density at radius 1 is 1.04 bits per heavy atom. The summed E-state index contributed by atoms with van der Waals surface area (Å²) in [6.45, 7) is 3.08. The van der Waals surface area contributed by atoms with Gasteiger partial charge in [0.05, 0.1) is 11.3 Å². The van der Waals surface area contributed by atoms with Crippen LogP contribution in [0.5, 0.6) is 0 Å². The summed E-state index contributed by atoms with van der Waals surface area (Å²) in [6.07, 6.45) is 8.64. The van der Waals surface area contributed by atoms with E-state index >= 15 is 0 Å².